The summed E-state index contributed by atoms with van der Waals surface area (Å²) in [5.41, 5.74) is 0.521. The largest absolute Gasteiger partial charge is 0.545 e. The van der Waals surface area contributed by atoms with Gasteiger partial charge < -0.3 is 20.0 Å². The number of ether oxygens (including phenoxy) is 1. The zero-order valence-corrected chi connectivity index (χ0v) is 8.60. The minimum absolute atomic E-state index is 0.521. The Bertz CT molecular complexity index is 426. The molecular weight excluding hydrogens is 210 g/mol. The molecule has 1 aromatic carbocycles. The molecule has 0 bridgehead atoms. The first-order valence-electron chi connectivity index (χ1n) is 4.46. The van der Waals surface area contributed by atoms with E-state index in [0.717, 1.165) is 6.08 Å². The van der Waals surface area contributed by atoms with E-state index >= 15 is 0 Å². The molecule has 0 aliphatic heterocycles. The monoisotopic (exact) mass is 220 g/mol. The van der Waals surface area contributed by atoms with E-state index in [9.17, 15) is 14.7 Å². The van der Waals surface area contributed by atoms with E-state index in [4.69, 9.17) is 4.74 Å². The third-order valence-corrected chi connectivity index (χ3v) is 1.71. The van der Waals surface area contributed by atoms with Crippen LogP contribution in [0, 0.1) is 0 Å². The number of anilines is 1. The van der Waals surface area contributed by atoms with Crippen molar-refractivity contribution in [1.82, 2.24) is 0 Å². The third-order valence-electron chi connectivity index (χ3n) is 1.71. The van der Waals surface area contributed by atoms with Gasteiger partial charge in [0, 0.05) is 17.8 Å². The number of aliphatic carboxylic acids is 1. The maximum atomic E-state index is 11.2. The first-order valence-corrected chi connectivity index (χ1v) is 4.46. The molecule has 1 N–H and O–H groups in total. The summed E-state index contributed by atoms with van der Waals surface area (Å²) in [6.07, 6.45) is 1.55. The second kappa shape index (κ2) is 5.55. The fraction of sp³-hybridized carbons (Fsp3) is 0.0909. The number of carboxylic acid groups (broad SMARTS) is 1. The fourth-order valence-electron chi connectivity index (χ4n) is 1.03. The molecule has 1 aromatic rings. The summed E-state index contributed by atoms with van der Waals surface area (Å²) in [5.74, 6) is -1.36. The van der Waals surface area contributed by atoms with Crippen molar-refractivity contribution in [1.29, 1.82) is 0 Å². The van der Waals surface area contributed by atoms with Crippen LogP contribution in [0.5, 0.6) is 5.75 Å². The van der Waals surface area contributed by atoms with E-state index in [1.165, 1.54) is 7.11 Å². The Labute approximate surface area is 92.3 Å². The highest BCUT2D eigenvalue weighted by Gasteiger charge is 1.98. The van der Waals surface area contributed by atoms with E-state index in [2.05, 4.69) is 5.32 Å². The molecule has 16 heavy (non-hydrogen) atoms. The molecule has 0 aliphatic carbocycles. The van der Waals surface area contributed by atoms with Crippen LogP contribution in [0.25, 0.3) is 0 Å². The number of carboxylic acids is 1. The number of carbonyl (C=O) groups excluding carboxylic acids is 2. The lowest BCUT2D eigenvalue weighted by Gasteiger charge is -2.04. The highest BCUT2D eigenvalue weighted by molar-refractivity contribution is 6.02. The van der Waals surface area contributed by atoms with Gasteiger partial charge in [-0.3, -0.25) is 4.79 Å². The lowest BCUT2D eigenvalue weighted by Crippen LogP contribution is -2.20. The van der Waals surface area contributed by atoms with Crippen molar-refractivity contribution < 1.29 is 19.4 Å². The van der Waals surface area contributed by atoms with Crippen LogP contribution in [0.4, 0.5) is 5.69 Å². The molecule has 0 fully saturated rings. The second-order valence-corrected chi connectivity index (χ2v) is 2.87. The van der Waals surface area contributed by atoms with Crippen LogP contribution in [0.3, 0.4) is 0 Å². The van der Waals surface area contributed by atoms with Gasteiger partial charge in [-0.1, -0.05) is 6.07 Å². The van der Waals surface area contributed by atoms with Crippen LogP contribution in [0.15, 0.2) is 36.4 Å². The van der Waals surface area contributed by atoms with Gasteiger partial charge in [0.15, 0.2) is 0 Å². The van der Waals surface area contributed by atoms with Crippen molar-refractivity contribution in [3.63, 3.8) is 0 Å². The molecule has 0 aromatic heterocycles. The highest BCUT2D eigenvalue weighted by Crippen LogP contribution is 2.16. The van der Waals surface area contributed by atoms with Crippen LogP contribution >= 0.6 is 0 Å². The molecule has 0 heterocycles. The van der Waals surface area contributed by atoms with Crippen LogP contribution < -0.4 is 15.2 Å². The molecule has 5 nitrogen and oxygen atoms in total. The molecule has 0 unspecified atom stereocenters. The van der Waals surface area contributed by atoms with Crippen molar-refractivity contribution in [3.8, 4) is 5.75 Å². The summed E-state index contributed by atoms with van der Waals surface area (Å²) in [7, 11) is 1.51. The minimum atomic E-state index is -1.42. The zero-order valence-electron chi connectivity index (χ0n) is 8.60. The topological polar surface area (TPSA) is 78.5 Å². The summed E-state index contributed by atoms with van der Waals surface area (Å²) >= 11 is 0. The van der Waals surface area contributed by atoms with E-state index in [1.807, 2.05) is 0 Å². The van der Waals surface area contributed by atoms with Crippen LogP contribution in [0.2, 0.25) is 0 Å². The molecule has 0 saturated carbocycles. The van der Waals surface area contributed by atoms with E-state index < -0.39 is 11.9 Å². The number of amides is 1. The SMILES string of the molecule is COc1cccc(NC(=O)/C=C\C(=O)[O-])c1. The Balaban J connectivity index is 2.65. The summed E-state index contributed by atoms with van der Waals surface area (Å²) in [5, 5.41) is 12.5. The van der Waals surface area contributed by atoms with Gasteiger partial charge >= 0.3 is 0 Å². The lowest BCUT2D eigenvalue weighted by molar-refractivity contribution is -0.297. The molecule has 0 saturated heterocycles. The van der Waals surface area contributed by atoms with Gasteiger partial charge in [-0.15, -0.1) is 0 Å². The summed E-state index contributed by atoms with van der Waals surface area (Å²) < 4.78 is 4.96. The smallest absolute Gasteiger partial charge is 0.248 e. The quantitative estimate of drug-likeness (QED) is 0.721. The molecule has 0 aliphatic rings. The summed E-state index contributed by atoms with van der Waals surface area (Å²) in [6, 6.07) is 6.71. The van der Waals surface area contributed by atoms with Crippen molar-refractivity contribution >= 4 is 17.6 Å². The van der Waals surface area contributed by atoms with Crippen LogP contribution in [-0.4, -0.2) is 19.0 Å². The van der Waals surface area contributed by atoms with E-state index in [1.54, 1.807) is 24.3 Å². The average molecular weight is 220 g/mol. The highest BCUT2D eigenvalue weighted by atomic mass is 16.5. The van der Waals surface area contributed by atoms with Gasteiger partial charge in [0.1, 0.15) is 5.75 Å². The fourth-order valence-corrected chi connectivity index (χ4v) is 1.03. The molecule has 1 amide bonds. The Hall–Kier alpha value is -2.30. The summed E-state index contributed by atoms with van der Waals surface area (Å²) in [4.78, 5) is 21.2. The van der Waals surface area contributed by atoms with Crippen molar-refractivity contribution in [2.24, 2.45) is 0 Å². The Morgan fingerprint density at radius 2 is 2.12 bits per heavy atom. The van der Waals surface area contributed by atoms with Gasteiger partial charge in [-0.25, -0.2) is 0 Å². The van der Waals surface area contributed by atoms with Gasteiger partial charge in [-0.2, -0.15) is 0 Å². The lowest BCUT2D eigenvalue weighted by atomic mass is 10.3. The molecular formula is C11H10NO4-. The number of rotatable bonds is 4. The number of carbonyl (C=O) groups is 2. The Morgan fingerprint density at radius 1 is 1.38 bits per heavy atom. The Morgan fingerprint density at radius 3 is 2.75 bits per heavy atom. The predicted molar refractivity (Wildman–Crippen MR) is 55.8 cm³/mol. The van der Waals surface area contributed by atoms with Gasteiger partial charge in [0.2, 0.25) is 5.91 Å². The Kier molecular flexibility index (Phi) is 4.08. The van der Waals surface area contributed by atoms with Crippen LogP contribution in [0.1, 0.15) is 0 Å². The predicted octanol–water partition coefficient (Wildman–Crippen LogP) is -0.0602. The zero-order chi connectivity index (χ0) is 12.0. The molecule has 0 radical (unpaired) electrons. The number of methoxy groups -OCH3 is 1. The number of benzene rings is 1. The van der Waals surface area contributed by atoms with Crippen LogP contribution in [-0.2, 0) is 9.59 Å². The maximum Gasteiger partial charge on any atom is 0.248 e. The van der Waals surface area contributed by atoms with Crippen molar-refractivity contribution in [3.05, 3.63) is 36.4 Å². The molecule has 1 rings (SSSR count). The minimum Gasteiger partial charge on any atom is -0.545 e. The first-order chi connectivity index (χ1) is 7.61. The molecule has 5 heteroatoms. The molecule has 84 valence electrons. The first kappa shape index (κ1) is 11.8. The number of hydrogen-bond donors (Lipinski definition) is 1. The van der Waals surface area contributed by atoms with Crippen molar-refractivity contribution in [2.45, 2.75) is 0 Å². The standard InChI is InChI=1S/C11H11NO4/c1-16-9-4-2-3-8(7-9)12-10(13)5-6-11(14)15/h2-7H,1H3,(H,12,13)(H,14,15)/p-1/b6-5-. The van der Waals surface area contributed by atoms with Gasteiger partial charge in [0.25, 0.3) is 0 Å². The second-order valence-electron chi connectivity index (χ2n) is 2.87. The third kappa shape index (κ3) is 3.83. The van der Waals surface area contributed by atoms with Gasteiger partial charge in [0.05, 0.1) is 13.1 Å². The van der Waals surface area contributed by atoms with E-state index in [0.29, 0.717) is 17.5 Å². The normalized spacial score (nSPS) is 10.1. The van der Waals surface area contributed by atoms with E-state index in [-0.39, 0.29) is 0 Å². The average Bonchev–Trinajstić information content (AvgIpc) is 2.26. The molecule has 0 spiro atoms. The molecule has 0 atom stereocenters. The van der Waals surface area contributed by atoms with Crippen molar-refractivity contribution in [2.75, 3.05) is 12.4 Å². The maximum absolute atomic E-state index is 11.2. The van der Waals surface area contributed by atoms with Gasteiger partial charge in [-0.05, 0) is 18.2 Å². The summed E-state index contributed by atoms with van der Waals surface area (Å²) in [6.45, 7) is 0. The number of hydrogen-bond acceptors (Lipinski definition) is 4. The number of nitrogens with one attached hydrogen (secondary N) is 1.